The van der Waals surface area contributed by atoms with Crippen LogP contribution in [0.25, 0.3) is 0 Å². The topological polar surface area (TPSA) is 62.7 Å². The second kappa shape index (κ2) is 11.3. The largest absolute Gasteiger partial charge is 0.469 e. The lowest BCUT2D eigenvalue weighted by Crippen LogP contribution is -2.38. The summed E-state index contributed by atoms with van der Waals surface area (Å²) in [6, 6.07) is 6.19. The van der Waals surface area contributed by atoms with Gasteiger partial charge in [0.05, 0.1) is 20.1 Å². The van der Waals surface area contributed by atoms with Crippen LogP contribution in [-0.2, 0) is 16.1 Å². The summed E-state index contributed by atoms with van der Waals surface area (Å²) in [6.07, 6.45) is 0.275. The lowest BCUT2D eigenvalue weighted by atomic mass is 10.2. The maximum Gasteiger partial charge on any atom is 0.307 e. The van der Waals surface area contributed by atoms with Crippen LogP contribution in [0.1, 0.15) is 18.9 Å². The molecule has 0 fully saturated rings. The number of aliphatic imine (C=N–C) groups is 1. The minimum Gasteiger partial charge on any atom is -0.469 e. The lowest BCUT2D eigenvalue weighted by molar-refractivity contribution is -0.140. The fraction of sp³-hybridized carbons (Fsp3) is 0.429. The second-order valence-electron chi connectivity index (χ2n) is 4.07. The van der Waals surface area contributed by atoms with Crippen molar-refractivity contribution in [2.45, 2.75) is 19.9 Å². The predicted molar refractivity (Wildman–Crippen MR) is 91.3 cm³/mol. The molecule has 118 valence electrons. The molecule has 0 unspecified atom stereocenters. The number of halogens is 2. The summed E-state index contributed by atoms with van der Waals surface area (Å²) >= 11 is 0. The molecule has 0 aliphatic heterocycles. The third kappa shape index (κ3) is 8.49. The van der Waals surface area contributed by atoms with E-state index in [9.17, 15) is 9.18 Å². The molecule has 0 amide bonds. The molecule has 21 heavy (non-hydrogen) atoms. The molecule has 1 rings (SSSR count). The smallest absolute Gasteiger partial charge is 0.307 e. The van der Waals surface area contributed by atoms with Gasteiger partial charge < -0.3 is 15.4 Å². The van der Waals surface area contributed by atoms with Crippen molar-refractivity contribution >= 4 is 35.9 Å². The Bertz CT molecular complexity index is 452. The standard InChI is InChI=1S/C14H20FN3O2.HI/c1-3-16-14(17-9-8-13(19)20-2)18-10-11-4-6-12(15)7-5-11;/h4-7H,3,8-10H2,1-2H3,(H2,16,17,18);1H. The fourth-order valence-electron chi connectivity index (χ4n) is 1.49. The average Bonchev–Trinajstić information content (AvgIpc) is 2.46. The Morgan fingerprint density at radius 2 is 1.95 bits per heavy atom. The fourth-order valence-corrected chi connectivity index (χ4v) is 1.49. The van der Waals surface area contributed by atoms with E-state index in [0.717, 1.165) is 5.56 Å². The summed E-state index contributed by atoms with van der Waals surface area (Å²) < 4.78 is 17.3. The van der Waals surface area contributed by atoms with Gasteiger partial charge in [-0.15, -0.1) is 24.0 Å². The first-order chi connectivity index (χ1) is 9.65. The number of ether oxygens (including phenoxy) is 1. The SMILES string of the molecule is CCNC(=NCc1ccc(F)cc1)NCCC(=O)OC.I. The van der Waals surface area contributed by atoms with Gasteiger partial charge in [-0.2, -0.15) is 0 Å². The van der Waals surface area contributed by atoms with Crippen molar-refractivity contribution in [2.24, 2.45) is 4.99 Å². The number of benzene rings is 1. The van der Waals surface area contributed by atoms with E-state index in [1.54, 1.807) is 12.1 Å². The summed E-state index contributed by atoms with van der Waals surface area (Å²) in [5, 5.41) is 6.10. The summed E-state index contributed by atoms with van der Waals surface area (Å²) in [7, 11) is 1.36. The maximum atomic E-state index is 12.8. The Labute approximate surface area is 141 Å². The third-order valence-corrected chi connectivity index (χ3v) is 2.53. The van der Waals surface area contributed by atoms with E-state index in [1.165, 1.54) is 19.2 Å². The van der Waals surface area contributed by atoms with Crippen LogP contribution in [-0.4, -0.2) is 32.1 Å². The average molecular weight is 409 g/mol. The van der Waals surface area contributed by atoms with Crippen molar-refractivity contribution < 1.29 is 13.9 Å². The molecule has 0 aromatic heterocycles. The number of esters is 1. The number of methoxy groups -OCH3 is 1. The van der Waals surface area contributed by atoms with E-state index in [4.69, 9.17) is 0 Å². The van der Waals surface area contributed by atoms with Crippen LogP contribution in [0.3, 0.4) is 0 Å². The van der Waals surface area contributed by atoms with Gasteiger partial charge in [0, 0.05) is 13.1 Å². The Hall–Kier alpha value is -1.38. The highest BCUT2D eigenvalue weighted by molar-refractivity contribution is 14.0. The van der Waals surface area contributed by atoms with Gasteiger partial charge in [0.15, 0.2) is 5.96 Å². The Kier molecular flexibility index (Phi) is 10.6. The van der Waals surface area contributed by atoms with Gasteiger partial charge in [-0.1, -0.05) is 12.1 Å². The molecule has 0 spiro atoms. The summed E-state index contributed by atoms with van der Waals surface area (Å²) in [4.78, 5) is 15.4. The minimum atomic E-state index is -0.271. The van der Waals surface area contributed by atoms with E-state index in [0.29, 0.717) is 25.6 Å². The number of carbonyl (C=O) groups is 1. The van der Waals surface area contributed by atoms with Crippen molar-refractivity contribution in [3.05, 3.63) is 35.6 Å². The molecule has 0 heterocycles. The van der Waals surface area contributed by atoms with Gasteiger partial charge in [-0.05, 0) is 24.6 Å². The quantitative estimate of drug-likeness (QED) is 0.327. The number of carbonyl (C=O) groups excluding carboxylic acids is 1. The molecular weight excluding hydrogens is 388 g/mol. The van der Waals surface area contributed by atoms with Crippen LogP contribution in [0, 0.1) is 5.82 Å². The highest BCUT2D eigenvalue weighted by Crippen LogP contribution is 2.03. The molecule has 0 saturated carbocycles. The molecule has 0 aliphatic rings. The van der Waals surface area contributed by atoms with Gasteiger partial charge in [-0.3, -0.25) is 4.79 Å². The van der Waals surface area contributed by atoms with E-state index in [1.807, 2.05) is 6.92 Å². The van der Waals surface area contributed by atoms with E-state index in [-0.39, 0.29) is 42.2 Å². The molecule has 7 heteroatoms. The molecule has 0 bridgehead atoms. The van der Waals surface area contributed by atoms with Crippen LogP contribution in [0.2, 0.25) is 0 Å². The predicted octanol–water partition coefficient (Wildman–Crippen LogP) is 2.06. The Morgan fingerprint density at radius 1 is 1.29 bits per heavy atom. The molecule has 1 aromatic rings. The Morgan fingerprint density at radius 3 is 2.52 bits per heavy atom. The van der Waals surface area contributed by atoms with Crippen LogP contribution in [0.5, 0.6) is 0 Å². The number of guanidine groups is 1. The van der Waals surface area contributed by atoms with Crippen molar-refractivity contribution in [3.63, 3.8) is 0 Å². The van der Waals surface area contributed by atoms with Gasteiger partial charge >= 0.3 is 5.97 Å². The summed E-state index contributed by atoms with van der Waals surface area (Å²) in [5.41, 5.74) is 0.913. The number of nitrogens with one attached hydrogen (secondary N) is 2. The summed E-state index contributed by atoms with van der Waals surface area (Å²) in [6.45, 7) is 3.55. The van der Waals surface area contributed by atoms with E-state index in [2.05, 4.69) is 20.4 Å². The highest BCUT2D eigenvalue weighted by Gasteiger charge is 2.01. The monoisotopic (exact) mass is 409 g/mol. The van der Waals surface area contributed by atoms with Crippen molar-refractivity contribution in [1.82, 2.24) is 10.6 Å². The zero-order chi connectivity index (χ0) is 14.8. The van der Waals surface area contributed by atoms with Gasteiger partial charge in [0.25, 0.3) is 0 Å². The molecule has 0 aliphatic carbocycles. The van der Waals surface area contributed by atoms with Crippen molar-refractivity contribution in [2.75, 3.05) is 20.2 Å². The van der Waals surface area contributed by atoms with E-state index < -0.39 is 0 Å². The number of hydrogen-bond donors (Lipinski definition) is 2. The molecule has 1 aromatic carbocycles. The molecule has 0 radical (unpaired) electrons. The molecular formula is C14H21FIN3O2. The molecule has 2 N–H and O–H groups in total. The van der Waals surface area contributed by atoms with Gasteiger partial charge in [0.1, 0.15) is 5.82 Å². The van der Waals surface area contributed by atoms with Crippen molar-refractivity contribution in [3.8, 4) is 0 Å². The van der Waals surface area contributed by atoms with Crippen LogP contribution in [0.4, 0.5) is 4.39 Å². The number of nitrogens with zero attached hydrogens (tertiary/aromatic N) is 1. The zero-order valence-electron chi connectivity index (χ0n) is 12.2. The van der Waals surface area contributed by atoms with Crippen molar-refractivity contribution in [1.29, 1.82) is 0 Å². The first kappa shape index (κ1) is 19.6. The highest BCUT2D eigenvalue weighted by atomic mass is 127. The molecule has 5 nitrogen and oxygen atoms in total. The van der Waals surface area contributed by atoms with Gasteiger partial charge in [-0.25, -0.2) is 9.38 Å². The number of hydrogen-bond acceptors (Lipinski definition) is 3. The molecule has 0 saturated heterocycles. The van der Waals surface area contributed by atoms with Crippen LogP contribution in [0.15, 0.2) is 29.3 Å². The lowest BCUT2D eigenvalue weighted by Gasteiger charge is -2.10. The third-order valence-electron chi connectivity index (χ3n) is 2.53. The van der Waals surface area contributed by atoms with E-state index >= 15 is 0 Å². The normalized spacial score (nSPS) is 10.5. The summed E-state index contributed by atoms with van der Waals surface area (Å²) in [5.74, 6) is 0.0773. The maximum absolute atomic E-state index is 12.8. The minimum absolute atomic E-state index is 0. The second-order valence-corrected chi connectivity index (χ2v) is 4.07. The van der Waals surface area contributed by atoms with Crippen LogP contribution < -0.4 is 10.6 Å². The Balaban J connectivity index is 0.00000400. The molecule has 0 atom stereocenters. The van der Waals surface area contributed by atoms with Crippen LogP contribution >= 0.6 is 24.0 Å². The number of rotatable bonds is 6. The van der Waals surface area contributed by atoms with Gasteiger partial charge in [0.2, 0.25) is 0 Å². The zero-order valence-corrected chi connectivity index (χ0v) is 14.5. The first-order valence-corrected chi connectivity index (χ1v) is 6.49. The first-order valence-electron chi connectivity index (χ1n) is 6.49.